The van der Waals surface area contributed by atoms with Gasteiger partial charge in [0.05, 0.1) is 0 Å². The van der Waals surface area contributed by atoms with Gasteiger partial charge in [-0.15, -0.1) is 0 Å². The maximum atomic E-state index is 5.41. The van der Waals surface area contributed by atoms with E-state index in [-0.39, 0.29) is 0 Å². The van der Waals surface area contributed by atoms with Crippen molar-refractivity contribution in [1.82, 2.24) is 10.0 Å². The first-order chi connectivity index (χ1) is 5.76. The van der Waals surface area contributed by atoms with Gasteiger partial charge >= 0.3 is 0 Å². The Bertz CT molecular complexity index is 114. The summed E-state index contributed by atoms with van der Waals surface area (Å²) in [7, 11) is 2.06. The molecule has 2 N–H and O–H groups in total. The summed E-state index contributed by atoms with van der Waals surface area (Å²) < 4.78 is 0. The third-order valence-electron chi connectivity index (χ3n) is 1.95. The third kappa shape index (κ3) is 4.36. The lowest BCUT2D eigenvalue weighted by Gasteiger charge is -2.29. The molecule has 0 aliphatic heterocycles. The Morgan fingerprint density at radius 1 is 1.42 bits per heavy atom. The second kappa shape index (κ2) is 7.13. The molecule has 0 heterocycles. The maximum Gasteiger partial charge on any atom is 0.0340 e. The van der Waals surface area contributed by atoms with Crippen LogP contribution in [-0.2, 0) is 0 Å². The highest BCUT2D eigenvalue weighted by atomic mass is 15.6. The van der Waals surface area contributed by atoms with Crippen LogP contribution in [0.15, 0.2) is 12.8 Å². The lowest BCUT2D eigenvalue weighted by molar-refractivity contribution is 0.0562. The molecule has 0 aromatic rings. The highest BCUT2D eigenvalue weighted by Gasteiger charge is 2.01. The van der Waals surface area contributed by atoms with Crippen LogP contribution in [0.4, 0.5) is 0 Å². The summed E-state index contributed by atoms with van der Waals surface area (Å²) in [5, 5.41) is 4.26. The Morgan fingerprint density at radius 3 is 2.50 bits per heavy atom. The molecule has 0 saturated carbocycles. The van der Waals surface area contributed by atoms with Crippen LogP contribution in [0.5, 0.6) is 0 Å². The summed E-state index contributed by atoms with van der Waals surface area (Å²) in [6.07, 6.45) is 4.08. The maximum absolute atomic E-state index is 5.41. The summed E-state index contributed by atoms with van der Waals surface area (Å²) in [5.41, 5.74) is 5.41. The van der Waals surface area contributed by atoms with Gasteiger partial charge in [0.1, 0.15) is 0 Å². The second-order valence-electron chi connectivity index (χ2n) is 2.82. The topological polar surface area (TPSA) is 32.5 Å². The molecule has 12 heavy (non-hydrogen) atoms. The number of nitrogens with zero attached hydrogens (tertiary/aromatic N) is 2. The smallest absolute Gasteiger partial charge is 0.0340 e. The second-order valence-corrected chi connectivity index (χ2v) is 2.82. The summed E-state index contributed by atoms with van der Waals surface area (Å²) in [6.45, 7) is 8.69. The van der Waals surface area contributed by atoms with Crippen LogP contribution in [-0.4, -0.2) is 36.7 Å². The number of hydrazine groups is 1. The van der Waals surface area contributed by atoms with Crippen molar-refractivity contribution in [2.45, 2.75) is 19.8 Å². The zero-order valence-electron chi connectivity index (χ0n) is 8.29. The van der Waals surface area contributed by atoms with Gasteiger partial charge < -0.3 is 10.7 Å². The highest BCUT2D eigenvalue weighted by molar-refractivity contribution is 4.67. The average Bonchev–Trinajstić information content (AvgIpc) is 2.11. The minimum absolute atomic E-state index is 0.779. The lowest BCUT2D eigenvalue weighted by atomic mass is 10.3. The number of hydrogen-bond acceptors (Lipinski definition) is 3. The first-order valence-corrected chi connectivity index (χ1v) is 4.56. The zero-order valence-corrected chi connectivity index (χ0v) is 8.29. The lowest BCUT2D eigenvalue weighted by Crippen LogP contribution is -2.36. The SMILES string of the molecule is C=CN(CCCCN)N(C)CC. The Labute approximate surface area is 75.8 Å². The molecule has 0 aromatic heterocycles. The van der Waals surface area contributed by atoms with Crippen molar-refractivity contribution in [3.8, 4) is 0 Å². The quantitative estimate of drug-likeness (QED) is 0.459. The van der Waals surface area contributed by atoms with Crippen molar-refractivity contribution in [2.75, 3.05) is 26.7 Å². The molecule has 3 nitrogen and oxygen atoms in total. The van der Waals surface area contributed by atoms with E-state index in [2.05, 4.69) is 30.6 Å². The van der Waals surface area contributed by atoms with Crippen molar-refractivity contribution in [2.24, 2.45) is 5.73 Å². The van der Waals surface area contributed by atoms with Crippen LogP contribution in [0.25, 0.3) is 0 Å². The van der Waals surface area contributed by atoms with Gasteiger partial charge in [-0.1, -0.05) is 13.5 Å². The first-order valence-electron chi connectivity index (χ1n) is 4.56. The molecule has 0 radical (unpaired) electrons. The first kappa shape index (κ1) is 11.5. The van der Waals surface area contributed by atoms with Crippen LogP contribution in [0.1, 0.15) is 19.8 Å². The molecular formula is C9H21N3. The molecular weight excluding hydrogens is 150 g/mol. The molecule has 72 valence electrons. The molecule has 3 heteroatoms. The predicted molar refractivity (Wildman–Crippen MR) is 53.5 cm³/mol. The number of rotatable bonds is 7. The molecule has 0 spiro atoms. The van der Waals surface area contributed by atoms with E-state index in [1.165, 1.54) is 0 Å². The number of unbranched alkanes of at least 4 members (excludes halogenated alkanes) is 1. The molecule has 0 atom stereocenters. The number of nitrogens with two attached hydrogens (primary N) is 1. The summed E-state index contributed by atoms with van der Waals surface area (Å²) in [4.78, 5) is 0. The minimum atomic E-state index is 0.779. The summed E-state index contributed by atoms with van der Waals surface area (Å²) in [6, 6.07) is 0. The van der Waals surface area contributed by atoms with E-state index >= 15 is 0 Å². The Balaban J connectivity index is 3.59. The molecule has 0 amide bonds. The molecule has 0 bridgehead atoms. The van der Waals surface area contributed by atoms with Gasteiger partial charge in [0.25, 0.3) is 0 Å². The van der Waals surface area contributed by atoms with E-state index in [1.54, 1.807) is 0 Å². The van der Waals surface area contributed by atoms with E-state index < -0.39 is 0 Å². The minimum Gasteiger partial charge on any atom is -0.330 e. The average molecular weight is 171 g/mol. The van der Waals surface area contributed by atoms with E-state index in [4.69, 9.17) is 5.73 Å². The summed E-state index contributed by atoms with van der Waals surface area (Å²) in [5.74, 6) is 0. The Kier molecular flexibility index (Phi) is 6.81. The predicted octanol–water partition coefficient (Wildman–Crippen LogP) is 1.04. The van der Waals surface area contributed by atoms with Crippen LogP contribution in [0.3, 0.4) is 0 Å². The fourth-order valence-corrected chi connectivity index (χ4v) is 1.00. The van der Waals surface area contributed by atoms with Crippen molar-refractivity contribution in [1.29, 1.82) is 0 Å². The van der Waals surface area contributed by atoms with E-state index in [1.807, 2.05) is 6.20 Å². The van der Waals surface area contributed by atoms with Crippen LogP contribution in [0.2, 0.25) is 0 Å². The highest BCUT2D eigenvalue weighted by Crippen LogP contribution is 1.98. The van der Waals surface area contributed by atoms with Gasteiger partial charge in [-0.25, -0.2) is 5.01 Å². The monoisotopic (exact) mass is 171 g/mol. The van der Waals surface area contributed by atoms with Crippen molar-refractivity contribution in [3.63, 3.8) is 0 Å². The normalized spacial score (nSPS) is 10.3. The van der Waals surface area contributed by atoms with Crippen molar-refractivity contribution >= 4 is 0 Å². The summed E-state index contributed by atoms with van der Waals surface area (Å²) >= 11 is 0. The van der Waals surface area contributed by atoms with E-state index in [0.29, 0.717) is 0 Å². The molecule has 0 aliphatic rings. The fourth-order valence-electron chi connectivity index (χ4n) is 1.00. The Morgan fingerprint density at radius 2 is 2.08 bits per heavy atom. The van der Waals surface area contributed by atoms with E-state index in [0.717, 1.165) is 32.5 Å². The van der Waals surface area contributed by atoms with Gasteiger partial charge in [0.2, 0.25) is 0 Å². The third-order valence-corrected chi connectivity index (χ3v) is 1.95. The van der Waals surface area contributed by atoms with Crippen LogP contribution < -0.4 is 5.73 Å². The molecule has 0 unspecified atom stereocenters. The zero-order chi connectivity index (χ0) is 9.40. The van der Waals surface area contributed by atoms with E-state index in [9.17, 15) is 0 Å². The van der Waals surface area contributed by atoms with Gasteiger partial charge in [-0.05, 0) is 19.4 Å². The molecule has 0 fully saturated rings. The van der Waals surface area contributed by atoms with Crippen molar-refractivity contribution < 1.29 is 0 Å². The molecule has 0 aliphatic carbocycles. The Hall–Kier alpha value is -0.540. The largest absolute Gasteiger partial charge is 0.330 e. The van der Waals surface area contributed by atoms with Crippen LogP contribution in [0, 0.1) is 0 Å². The van der Waals surface area contributed by atoms with Gasteiger partial charge in [-0.3, -0.25) is 0 Å². The van der Waals surface area contributed by atoms with Crippen LogP contribution >= 0.6 is 0 Å². The molecule has 0 rings (SSSR count). The standard InChI is InChI=1S/C9H21N3/c1-4-11(3)12(5-2)9-7-6-8-10/h5H,2,4,6-10H2,1,3H3. The van der Waals surface area contributed by atoms with Gasteiger partial charge in [0.15, 0.2) is 0 Å². The van der Waals surface area contributed by atoms with Gasteiger partial charge in [-0.2, -0.15) is 0 Å². The number of hydrogen-bond donors (Lipinski definition) is 1. The molecule has 0 saturated heterocycles. The molecule has 0 aromatic carbocycles. The van der Waals surface area contributed by atoms with Gasteiger partial charge in [0, 0.05) is 26.3 Å². The van der Waals surface area contributed by atoms with Crippen molar-refractivity contribution in [3.05, 3.63) is 12.8 Å². The fraction of sp³-hybridized carbons (Fsp3) is 0.778.